The zero-order valence-electron chi connectivity index (χ0n) is 20.6. The Morgan fingerprint density at radius 1 is 1.22 bits per heavy atom. The van der Waals surface area contributed by atoms with E-state index in [9.17, 15) is 13.2 Å². The van der Waals surface area contributed by atoms with E-state index in [0.717, 1.165) is 11.8 Å². The number of hydrogen-bond acceptors (Lipinski definition) is 6. The summed E-state index contributed by atoms with van der Waals surface area (Å²) in [5.74, 6) is -0.819. The van der Waals surface area contributed by atoms with Crippen LogP contribution in [0.4, 0.5) is 10.1 Å². The molecule has 3 fully saturated rings. The standard InChI is InChI=1S/C26H32ClFN4O4S/c27-19-3-1-18(2-4-19)26(7-11-36-12-8-26)14-25(33)31-24-17-30-16-23(28)22(24)13-20-15-29-9-10-32(20)37(34,35)21-5-6-21/h1-4,16-17,20-21,29H,5-15H2,(H,31,33). The first-order chi connectivity index (χ1) is 17.8. The second kappa shape index (κ2) is 10.9. The van der Waals surface area contributed by atoms with Crippen molar-refractivity contribution in [3.05, 3.63) is 58.6 Å². The van der Waals surface area contributed by atoms with Crippen molar-refractivity contribution in [2.75, 3.05) is 38.2 Å². The van der Waals surface area contributed by atoms with E-state index in [4.69, 9.17) is 16.3 Å². The van der Waals surface area contributed by atoms with Gasteiger partial charge in [0.05, 0.1) is 23.3 Å². The molecular weight excluding hydrogens is 519 g/mol. The molecule has 0 radical (unpaired) electrons. The zero-order valence-corrected chi connectivity index (χ0v) is 22.2. The van der Waals surface area contributed by atoms with E-state index in [1.54, 1.807) is 0 Å². The Hall–Kier alpha value is -2.11. The molecule has 5 rings (SSSR count). The van der Waals surface area contributed by atoms with Crippen molar-refractivity contribution in [2.45, 2.75) is 55.2 Å². The minimum Gasteiger partial charge on any atom is -0.381 e. The van der Waals surface area contributed by atoms with Crippen LogP contribution in [0.2, 0.25) is 5.02 Å². The van der Waals surface area contributed by atoms with Gasteiger partial charge in [-0.25, -0.2) is 12.8 Å². The molecule has 37 heavy (non-hydrogen) atoms. The normalized spacial score (nSPS) is 22.5. The Morgan fingerprint density at radius 3 is 2.65 bits per heavy atom. The molecule has 11 heteroatoms. The van der Waals surface area contributed by atoms with Crippen molar-refractivity contribution in [3.8, 4) is 0 Å². The minimum atomic E-state index is -3.42. The summed E-state index contributed by atoms with van der Waals surface area (Å²) in [6.45, 7) is 2.41. The van der Waals surface area contributed by atoms with Gasteiger partial charge >= 0.3 is 0 Å². The van der Waals surface area contributed by atoms with Gasteiger partial charge in [-0.3, -0.25) is 9.78 Å². The Balaban J connectivity index is 1.36. The average Bonchev–Trinajstić information content (AvgIpc) is 3.74. The van der Waals surface area contributed by atoms with Crippen molar-refractivity contribution in [1.82, 2.24) is 14.6 Å². The van der Waals surface area contributed by atoms with Crippen LogP contribution in [-0.4, -0.2) is 67.8 Å². The highest BCUT2D eigenvalue weighted by atomic mass is 35.5. The van der Waals surface area contributed by atoms with Crippen LogP contribution in [0.15, 0.2) is 36.7 Å². The SMILES string of the molecule is O=C(CC1(c2ccc(Cl)cc2)CCOCC1)Nc1cncc(F)c1CC1CNCCN1S(=O)(=O)C1CC1. The molecule has 1 aromatic heterocycles. The summed E-state index contributed by atoms with van der Waals surface area (Å²) in [4.78, 5) is 17.3. The largest absolute Gasteiger partial charge is 0.381 e. The van der Waals surface area contributed by atoms with Gasteiger partial charge in [-0.1, -0.05) is 23.7 Å². The van der Waals surface area contributed by atoms with Crippen molar-refractivity contribution < 1.29 is 22.3 Å². The Kier molecular flexibility index (Phi) is 7.83. The molecule has 1 atom stereocenters. The number of nitrogens with one attached hydrogen (secondary N) is 2. The van der Waals surface area contributed by atoms with Gasteiger partial charge in [0, 0.05) is 61.3 Å². The van der Waals surface area contributed by atoms with E-state index in [2.05, 4.69) is 15.6 Å². The predicted octanol–water partition coefficient (Wildman–Crippen LogP) is 3.26. The maximum absolute atomic E-state index is 15.1. The fourth-order valence-corrected chi connectivity index (χ4v) is 7.61. The van der Waals surface area contributed by atoms with Crippen LogP contribution in [0.5, 0.6) is 0 Å². The number of piperazine rings is 1. The van der Waals surface area contributed by atoms with Crippen LogP contribution >= 0.6 is 11.6 Å². The van der Waals surface area contributed by atoms with E-state index < -0.39 is 27.3 Å². The number of carbonyl (C=O) groups is 1. The molecule has 8 nitrogen and oxygen atoms in total. The summed E-state index contributed by atoms with van der Waals surface area (Å²) < 4.78 is 48.2. The lowest BCUT2D eigenvalue weighted by Gasteiger charge is -2.37. The summed E-state index contributed by atoms with van der Waals surface area (Å²) in [6.07, 6.45) is 5.57. The molecule has 2 N–H and O–H groups in total. The third-order valence-electron chi connectivity index (χ3n) is 7.69. The summed E-state index contributed by atoms with van der Waals surface area (Å²) in [5.41, 5.74) is 1.14. The quantitative estimate of drug-likeness (QED) is 0.523. The number of nitrogens with zero attached hydrogens (tertiary/aromatic N) is 2. The maximum atomic E-state index is 15.1. The van der Waals surface area contributed by atoms with Crippen molar-refractivity contribution >= 4 is 33.2 Å². The molecule has 2 aromatic rings. The predicted molar refractivity (Wildman–Crippen MR) is 140 cm³/mol. The van der Waals surface area contributed by atoms with Gasteiger partial charge in [-0.2, -0.15) is 4.31 Å². The van der Waals surface area contributed by atoms with E-state index in [-0.39, 0.29) is 35.2 Å². The van der Waals surface area contributed by atoms with Crippen molar-refractivity contribution in [1.29, 1.82) is 0 Å². The summed E-state index contributed by atoms with van der Waals surface area (Å²) in [5, 5.41) is 6.40. The number of halogens is 2. The number of rotatable bonds is 8. The number of benzene rings is 1. The number of aromatic nitrogens is 1. The molecule has 1 aliphatic carbocycles. The monoisotopic (exact) mass is 550 g/mol. The third-order valence-corrected chi connectivity index (χ3v) is 10.4. The van der Waals surface area contributed by atoms with Gasteiger partial charge in [0.25, 0.3) is 0 Å². The average molecular weight is 551 g/mol. The number of carbonyl (C=O) groups excluding carboxylic acids is 1. The lowest BCUT2D eigenvalue weighted by Crippen LogP contribution is -2.55. The zero-order chi connectivity index (χ0) is 26.0. The van der Waals surface area contributed by atoms with Gasteiger partial charge in [-0.05, 0) is 49.8 Å². The van der Waals surface area contributed by atoms with Crippen LogP contribution in [0.25, 0.3) is 0 Å². The smallest absolute Gasteiger partial charge is 0.225 e. The van der Waals surface area contributed by atoms with Crippen molar-refractivity contribution in [3.63, 3.8) is 0 Å². The van der Waals surface area contributed by atoms with E-state index in [0.29, 0.717) is 63.6 Å². The number of hydrogen-bond donors (Lipinski definition) is 2. The molecule has 1 saturated carbocycles. The number of anilines is 1. The number of sulfonamides is 1. The van der Waals surface area contributed by atoms with E-state index in [1.807, 2.05) is 24.3 Å². The Bertz CT molecular complexity index is 1230. The first-order valence-corrected chi connectivity index (χ1v) is 14.6. The van der Waals surface area contributed by atoms with Crippen LogP contribution in [-0.2, 0) is 31.4 Å². The number of pyridine rings is 1. The second-order valence-corrected chi connectivity index (χ2v) is 12.8. The molecule has 2 saturated heterocycles. The maximum Gasteiger partial charge on any atom is 0.225 e. The Labute approximate surface area is 222 Å². The minimum absolute atomic E-state index is 0.138. The van der Waals surface area contributed by atoms with Crippen LogP contribution < -0.4 is 10.6 Å². The van der Waals surface area contributed by atoms with E-state index >= 15 is 4.39 Å². The van der Waals surface area contributed by atoms with Crippen molar-refractivity contribution in [2.24, 2.45) is 0 Å². The van der Waals surface area contributed by atoms with Gasteiger partial charge < -0.3 is 15.4 Å². The Morgan fingerprint density at radius 2 is 1.95 bits per heavy atom. The first-order valence-electron chi connectivity index (χ1n) is 12.8. The fraction of sp³-hybridized carbons (Fsp3) is 0.538. The summed E-state index contributed by atoms with van der Waals surface area (Å²) in [7, 11) is -3.42. The molecule has 3 aliphatic rings. The number of ether oxygens (including phenoxy) is 1. The molecule has 1 unspecified atom stereocenters. The first kappa shape index (κ1) is 26.5. The topological polar surface area (TPSA) is 101 Å². The van der Waals surface area contributed by atoms with Crippen LogP contribution in [0.3, 0.4) is 0 Å². The molecule has 1 amide bonds. The number of amides is 1. The highest BCUT2D eigenvalue weighted by Crippen LogP contribution is 2.39. The third kappa shape index (κ3) is 5.83. The van der Waals surface area contributed by atoms with Crippen LogP contribution in [0, 0.1) is 5.82 Å². The lowest BCUT2D eigenvalue weighted by atomic mass is 9.71. The molecule has 1 aromatic carbocycles. The highest BCUT2D eigenvalue weighted by molar-refractivity contribution is 7.90. The van der Waals surface area contributed by atoms with Gasteiger partial charge in [0.15, 0.2) is 0 Å². The molecule has 3 heterocycles. The van der Waals surface area contributed by atoms with E-state index in [1.165, 1.54) is 10.5 Å². The summed E-state index contributed by atoms with van der Waals surface area (Å²) >= 11 is 6.09. The van der Waals surface area contributed by atoms with Crippen LogP contribution in [0.1, 0.15) is 43.2 Å². The van der Waals surface area contributed by atoms with Gasteiger partial charge in [-0.15, -0.1) is 0 Å². The fourth-order valence-electron chi connectivity index (χ4n) is 5.46. The molecular formula is C26H32ClFN4O4S. The van der Waals surface area contributed by atoms with Gasteiger partial charge in [0.1, 0.15) is 5.82 Å². The summed E-state index contributed by atoms with van der Waals surface area (Å²) in [6, 6.07) is 7.09. The molecule has 200 valence electrons. The van der Waals surface area contributed by atoms with Gasteiger partial charge in [0.2, 0.25) is 15.9 Å². The highest BCUT2D eigenvalue weighted by Gasteiger charge is 2.44. The molecule has 0 bridgehead atoms. The second-order valence-electron chi connectivity index (χ2n) is 10.2. The molecule has 2 aliphatic heterocycles. The molecule has 0 spiro atoms. The lowest BCUT2D eigenvalue weighted by molar-refractivity contribution is -0.118.